The number of nitrogens with one attached hydrogen (secondary N) is 1. The van der Waals surface area contributed by atoms with Crippen LogP contribution in [0, 0.1) is 0 Å². The SMILES string of the molecule is CN(C)c1ccc(C(=O)NCCc2cccs2)cn1. The van der Waals surface area contributed by atoms with Gasteiger partial charge in [0.15, 0.2) is 0 Å². The summed E-state index contributed by atoms with van der Waals surface area (Å²) >= 11 is 1.71. The van der Waals surface area contributed by atoms with Crippen LogP contribution in [0.15, 0.2) is 35.8 Å². The molecular weight excluding hydrogens is 258 g/mol. The molecule has 0 fully saturated rings. The van der Waals surface area contributed by atoms with Crippen LogP contribution in [0.3, 0.4) is 0 Å². The maximum atomic E-state index is 11.9. The fourth-order valence-electron chi connectivity index (χ4n) is 1.64. The molecule has 0 saturated heterocycles. The third-order valence-electron chi connectivity index (χ3n) is 2.71. The van der Waals surface area contributed by atoms with Gasteiger partial charge in [-0.25, -0.2) is 4.98 Å². The van der Waals surface area contributed by atoms with E-state index < -0.39 is 0 Å². The van der Waals surface area contributed by atoms with Crippen molar-refractivity contribution in [1.82, 2.24) is 10.3 Å². The maximum Gasteiger partial charge on any atom is 0.252 e. The molecule has 0 bridgehead atoms. The first kappa shape index (κ1) is 13.5. The Balaban J connectivity index is 1.85. The molecule has 100 valence electrons. The van der Waals surface area contributed by atoms with Crippen LogP contribution < -0.4 is 10.2 Å². The molecule has 0 aliphatic heterocycles. The number of anilines is 1. The van der Waals surface area contributed by atoms with Crippen molar-refractivity contribution in [3.63, 3.8) is 0 Å². The highest BCUT2D eigenvalue weighted by molar-refractivity contribution is 7.09. The van der Waals surface area contributed by atoms with Crippen molar-refractivity contribution in [1.29, 1.82) is 0 Å². The van der Waals surface area contributed by atoms with Crippen molar-refractivity contribution in [2.24, 2.45) is 0 Å². The van der Waals surface area contributed by atoms with Gasteiger partial charge in [0, 0.05) is 31.7 Å². The van der Waals surface area contributed by atoms with Crippen LogP contribution in [0.1, 0.15) is 15.2 Å². The zero-order valence-electron chi connectivity index (χ0n) is 11.1. The first-order chi connectivity index (χ1) is 9.16. The Morgan fingerprint density at radius 3 is 2.79 bits per heavy atom. The lowest BCUT2D eigenvalue weighted by molar-refractivity contribution is 0.0954. The van der Waals surface area contributed by atoms with Gasteiger partial charge >= 0.3 is 0 Å². The summed E-state index contributed by atoms with van der Waals surface area (Å²) < 4.78 is 0. The second-order valence-corrected chi connectivity index (χ2v) is 5.42. The highest BCUT2D eigenvalue weighted by Gasteiger charge is 2.06. The van der Waals surface area contributed by atoms with Crippen LogP contribution in [0.4, 0.5) is 5.82 Å². The predicted octanol–water partition coefficient (Wildman–Crippen LogP) is 2.18. The zero-order valence-corrected chi connectivity index (χ0v) is 11.9. The van der Waals surface area contributed by atoms with E-state index in [1.165, 1.54) is 4.88 Å². The second-order valence-electron chi connectivity index (χ2n) is 4.38. The van der Waals surface area contributed by atoms with Gasteiger partial charge in [-0.1, -0.05) is 6.07 Å². The Labute approximate surface area is 117 Å². The average Bonchev–Trinajstić information content (AvgIpc) is 2.92. The van der Waals surface area contributed by atoms with Crippen molar-refractivity contribution in [3.05, 3.63) is 46.3 Å². The Hall–Kier alpha value is -1.88. The number of nitrogens with zero attached hydrogens (tertiary/aromatic N) is 2. The third kappa shape index (κ3) is 3.79. The van der Waals surface area contributed by atoms with Crippen LogP contribution in [-0.2, 0) is 6.42 Å². The summed E-state index contributed by atoms with van der Waals surface area (Å²) in [7, 11) is 3.84. The molecule has 0 radical (unpaired) electrons. The monoisotopic (exact) mass is 275 g/mol. The van der Waals surface area contributed by atoms with Crippen LogP contribution in [0.25, 0.3) is 0 Å². The van der Waals surface area contributed by atoms with Gasteiger partial charge in [-0.15, -0.1) is 11.3 Å². The smallest absolute Gasteiger partial charge is 0.252 e. The largest absolute Gasteiger partial charge is 0.363 e. The molecule has 0 aliphatic rings. The van der Waals surface area contributed by atoms with Crippen LogP contribution in [0.5, 0.6) is 0 Å². The highest BCUT2D eigenvalue weighted by atomic mass is 32.1. The molecule has 5 heteroatoms. The van der Waals surface area contributed by atoms with Gasteiger partial charge in [-0.2, -0.15) is 0 Å². The fourth-order valence-corrected chi connectivity index (χ4v) is 2.35. The summed E-state index contributed by atoms with van der Waals surface area (Å²) in [6.45, 7) is 0.648. The minimum absolute atomic E-state index is 0.0747. The molecule has 0 saturated carbocycles. The van der Waals surface area contributed by atoms with E-state index in [4.69, 9.17) is 0 Å². The molecule has 0 unspecified atom stereocenters. The second kappa shape index (κ2) is 6.33. The molecule has 19 heavy (non-hydrogen) atoms. The minimum Gasteiger partial charge on any atom is -0.363 e. The fraction of sp³-hybridized carbons (Fsp3) is 0.286. The summed E-state index contributed by atoms with van der Waals surface area (Å²) in [6.07, 6.45) is 2.47. The highest BCUT2D eigenvalue weighted by Crippen LogP contribution is 2.09. The van der Waals surface area contributed by atoms with Crippen molar-refractivity contribution >= 4 is 23.1 Å². The van der Waals surface area contributed by atoms with Gasteiger partial charge in [0.1, 0.15) is 5.82 Å². The minimum atomic E-state index is -0.0747. The molecule has 0 spiro atoms. The third-order valence-corrected chi connectivity index (χ3v) is 3.64. The lowest BCUT2D eigenvalue weighted by Crippen LogP contribution is -2.25. The van der Waals surface area contributed by atoms with E-state index >= 15 is 0 Å². The van der Waals surface area contributed by atoms with E-state index in [0.717, 1.165) is 12.2 Å². The molecule has 2 aromatic rings. The van der Waals surface area contributed by atoms with Crippen molar-refractivity contribution in [2.45, 2.75) is 6.42 Å². The van der Waals surface area contributed by atoms with Gasteiger partial charge in [-0.3, -0.25) is 4.79 Å². The molecule has 2 heterocycles. The lowest BCUT2D eigenvalue weighted by atomic mass is 10.2. The first-order valence-electron chi connectivity index (χ1n) is 6.11. The normalized spacial score (nSPS) is 10.2. The zero-order chi connectivity index (χ0) is 13.7. The molecule has 4 nitrogen and oxygen atoms in total. The molecule has 2 rings (SSSR count). The number of hydrogen-bond acceptors (Lipinski definition) is 4. The number of hydrogen-bond donors (Lipinski definition) is 1. The molecule has 0 aromatic carbocycles. The molecule has 2 aromatic heterocycles. The number of pyridine rings is 1. The molecule has 1 amide bonds. The van der Waals surface area contributed by atoms with E-state index in [1.807, 2.05) is 36.5 Å². The first-order valence-corrected chi connectivity index (χ1v) is 6.99. The Morgan fingerprint density at radius 2 is 2.21 bits per heavy atom. The number of aromatic nitrogens is 1. The molecule has 0 aliphatic carbocycles. The summed E-state index contributed by atoms with van der Waals surface area (Å²) in [6, 6.07) is 7.73. The van der Waals surface area contributed by atoms with E-state index in [1.54, 1.807) is 23.6 Å². The van der Waals surface area contributed by atoms with Gasteiger partial charge in [0.25, 0.3) is 5.91 Å². The van der Waals surface area contributed by atoms with Crippen LogP contribution in [0.2, 0.25) is 0 Å². The standard InChI is InChI=1S/C14H17N3OS/c1-17(2)13-6-5-11(10-16-13)14(18)15-8-7-12-4-3-9-19-12/h3-6,9-10H,7-8H2,1-2H3,(H,15,18). The summed E-state index contributed by atoms with van der Waals surface area (Å²) in [5.41, 5.74) is 0.594. The maximum absolute atomic E-state index is 11.9. The van der Waals surface area contributed by atoms with Crippen LogP contribution >= 0.6 is 11.3 Å². The van der Waals surface area contributed by atoms with Gasteiger partial charge < -0.3 is 10.2 Å². The van der Waals surface area contributed by atoms with E-state index in [9.17, 15) is 4.79 Å². The number of carbonyl (C=O) groups excluding carboxylic acids is 1. The Bertz CT molecular complexity index is 520. The predicted molar refractivity (Wildman–Crippen MR) is 78.9 cm³/mol. The van der Waals surface area contributed by atoms with E-state index in [0.29, 0.717) is 12.1 Å². The molecule has 1 N–H and O–H groups in total. The molecule has 0 atom stereocenters. The summed E-state index contributed by atoms with van der Waals surface area (Å²) in [5, 5.41) is 4.94. The quantitative estimate of drug-likeness (QED) is 0.909. The van der Waals surface area contributed by atoms with Crippen LogP contribution in [-0.4, -0.2) is 31.5 Å². The number of amides is 1. The summed E-state index contributed by atoms with van der Waals surface area (Å²) in [4.78, 5) is 19.3. The number of thiophene rings is 1. The Morgan fingerprint density at radius 1 is 1.37 bits per heavy atom. The summed E-state index contributed by atoms with van der Waals surface area (Å²) in [5.74, 6) is 0.768. The molecular formula is C14H17N3OS. The van der Waals surface area contributed by atoms with Crippen molar-refractivity contribution in [3.8, 4) is 0 Å². The topological polar surface area (TPSA) is 45.2 Å². The van der Waals surface area contributed by atoms with Crippen molar-refractivity contribution < 1.29 is 4.79 Å². The Kier molecular flexibility index (Phi) is 4.52. The van der Waals surface area contributed by atoms with Gasteiger partial charge in [0.2, 0.25) is 0 Å². The number of carbonyl (C=O) groups is 1. The lowest BCUT2D eigenvalue weighted by Gasteiger charge is -2.11. The van der Waals surface area contributed by atoms with Crippen molar-refractivity contribution in [2.75, 3.05) is 25.5 Å². The van der Waals surface area contributed by atoms with Gasteiger partial charge in [-0.05, 0) is 30.0 Å². The van der Waals surface area contributed by atoms with E-state index in [-0.39, 0.29) is 5.91 Å². The average molecular weight is 275 g/mol. The number of rotatable bonds is 5. The van der Waals surface area contributed by atoms with Gasteiger partial charge in [0.05, 0.1) is 5.56 Å². The van der Waals surface area contributed by atoms with E-state index in [2.05, 4.69) is 16.4 Å².